The minimum atomic E-state index is -3.63. The molecule has 0 unspecified atom stereocenters. The van der Waals surface area contributed by atoms with Crippen molar-refractivity contribution in [2.75, 3.05) is 26.7 Å². The summed E-state index contributed by atoms with van der Waals surface area (Å²) in [6, 6.07) is 4.45. The maximum atomic E-state index is 12.9. The average Bonchev–Trinajstić information content (AvgIpc) is 2.61. The van der Waals surface area contributed by atoms with Gasteiger partial charge in [0.05, 0.1) is 17.6 Å². The second-order valence-corrected chi connectivity index (χ2v) is 8.36. The first-order valence-corrected chi connectivity index (χ1v) is 10.3. The first kappa shape index (κ1) is 19.7. The zero-order valence-electron chi connectivity index (χ0n) is 15.2. The normalized spacial score (nSPS) is 16.0. The van der Waals surface area contributed by atoms with Gasteiger partial charge in [-0.25, -0.2) is 13.1 Å². The summed E-state index contributed by atoms with van der Waals surface area (Å²) >= 11 is 0. The third-order valence-electron chi connectivity index (χ3n) is 4.60. The fourth-order valence-electron chi connectivity index (χ4n) is 2.87. The molecule has 7 heteroatoms. The highest BCUT2D eigenvalue weighted by atomic mass is 32.2. The first-order chi connectivity index (χ1) is 11.9. The summed E-state index contributed by atoms with van der Waals surface area (Å²) in [5, 5.41) is 0. The summed E-state index contributed by atoms with van der Waals surface area (Å²) in [5.74, 6) is 0.839. The number of nitrogens with one attached hydrogen (secondary N) is 1. The van der Waals surface area contributed by atoms with Crippen molar-refractivity contribution >= 4 is 15.9 Å². The van der Waals surface area contributed by atoms with E-state index in [9.17, 15) is 13.2 Å². The summed E-state index contributed by atoms with van der Waals surface area (Å²) in [4.78, 5) is 14.7. The van der Waals surface area contributed by atoms with E-state index in [1.165, 1.54) is 19.2 Å². The van der Waals surface area contributed by atoms with Crippen LogP contribution < -0.4 is 9.46 Å². The molecule has 1 aromatic carbocycles. The van der Waals surface area contributed by atoms with Gasteiger partial charge in [-0.05, 0) is 43.4 Å². The number of amides is 1. The first-order valence-electron chi connectivity index (χ1n) is 8.86. The highest BCUT2D eigenvalue weighted by Crippen LogP contribution is 2.26. The molecule has 1 aliphatic rings. The van der Waals surface area contributed by atoms with E-state index in [1.807, 2.05) is 6.92 Å². The lowest BCUT2D eigenvalue weighted by atomic mass is 9.98. The van der Waals surface area contributed by atoms with E-state index in [0.717, 1.165) is 25.7 Å². The van der Waals surface area contributed by atoms with Crippen LogP contribution in [-0.2, 0) is 10.0 Å². The predicted octanol–water partition coefficient (Wildman–Crippen LogP) is 2.65. The average molecular weight is 368 g/mol. The molecular formula is C18H28N2O4S. The van der Waals surface area contributed by atoms with Crippen LogP contribution in [0.1, 0.15) is 49.9 Å². The van der Waals surface area contributed by atoms with Gasteiger partial charge in [-0.3, -0.25) is 4.79 Å². The Morgan fingerprint density at radius 2 is 2.00 bits per heavy atom. The smallest absolute Gasteiger partial charge is 0.257 e. The van der Waals surface area contributed by atoms with Crippen molar-refractivity contribution in [3.63, 3.8) is 0 Å². The van der Waals surface area contributed by atoms with Crippen LogP contribution in [0.15, 0.2) is 23.1 Å². The molecule has 0 atom stereocenters. The molecule has 140 valence electrons. The summed E-state index contributed by atoms with van der Waals surface area (Å²) < 4.78 is 32.7. The molecule has 1 amide bonds. The number of hydrogen-bond donors (Lipinski definition) is 1. The van der Waals surface area contributed by atoms with Crippen LogP contribution in [0.2, 0.25) is 0 Å². The van der Waals surface area contributed by atoms with E-state index in [0.29, 0.717) is 36.9 Å². The van der Waals surface area contributed by atoms with Crippen molar-refractivity contribution < 1.29 is 17.9 Å². The van der Waals surface area contributed by atoms with Crippen LogP contribution >= 0.6 is 0 Å². The number of hydrogen-bond acceptors (Lipinski definition) is 4. The predicted molar refractivity (Wildman–Crippen MR) is 97.4 cm³/mol. The number of benzene rings is 1. The Morgan fingerprint density at radius 3 is 2.60 bits per heavy atom. The number of carbonyl (C=O) groups excluding carboxylic acids is 1. The molecule has 0 saturated carbocycles. The van der Waals surface area contributed by atoms with Crippen molar-refractivity contribution in [1.29, 1.82) is 0 Å². The number of carbonyl (C=O) groups is 1. The Bertz CT molecular complexity index is 695. The highest BCUT2D eigenvalue weighted by molar-refractivity contribution is 7.89. The standard InChI is InChI=1S/C18H28N2O4S/c1-4-5-10-19-25(22,23)15-6-7-17(24-3)16(13-15)18(21)20-11-8-14(2)9-12-20/h6-7,13-14,19H,4-5,8-12H2,1-3H3. The van der Waals surface area contributed by atoms with E-state index >= 15 is 0 Å². The Labute approximate surface area is 150 Å². The number of rotatable bonds is 7. The molecule has 0 spiro atoms. The SMILES string of the molecule is CCCCNS(=O)(=O)c1ccc(OC)c(C(=O)N2CCC(C)CC2)c1. The van der Waals surface area contributed by atoms with Crippen molar-refractivity contribution in [3.05, 3.63) is 23.8 Å². The lowest BCUT2D eigenvalue weighted by molar-refractivity contribution is 0.0693. The maximum absolute atomic E-state index is 12.9. The Morgan fingerprint density at radius 1 is 1.32 bits per heavy atom. The van der Waals surface area contributed by atoms with Crippen LogP contribution in [0.3, 0.4) is 0 Å². The van der Waals surface area contributed by atoms with E-state index in [-0.39, 0.29) is 10.8 Å². The van der Waals surface area contributed by atoms with Crippen molar-refractivity contribution in [2.45, 2.75) is 44.4 Å². The summed E-state index contributed by atoms with van der Waals surface area (Å²) in [7, 11) is -2.15. The molecule has 1 aromatic rings. The Kier molecular flexibility index (Phi) is 6.84. The van der Waals surface area contributed by atoms with E-state index in [4.69, 9.17) is 4.74 Å². The zero-order chi connectivity index (χ0) is 18.4. The molecule has 1 aliphatic heterocycles. The fourth-order valence-corrected chi connectivity index (χ4v) is 3.97. The van der Waals surface area contributed by atoms with Crippen LogP contribution in [-0.4, -0.2) is 46.0 Å². The summed E-state index contributed by atoms with van der Waals surface area (Å²) in [6.45, 7) is 5.94. The number of likely N-dealkylation sites (tertiary alicyclic amines) is 1. The van der Waals surface area contributed by atoms with Gasteiger partial charge in [0, 0.05) is 19.6 Å². The van der Waals surface area contributed by atoms with Gasteiger partial charge in [0.1, 0.15) is 5.75 Å². The second-order valence-electron chi connectivity index (χ2n) is 6.59. The number of piperidine rings is 1. The number of nitrogens with zero attached hydrogens (tertiary/aromatic N) is 1. The lowest BCUT2D eigenvalue weighted by Gasteiger charge is -2.30. The molecule has 0 radical (unpaired) electrons. The summed E-state index contributed by atoms with van der Waals surface area (Å²) in [5.41, 5.74) is 0.301. The van der Waals surface area contributed by atoms with E-state index in [2.05, 4.69) is 11.6 Å². The van der Waals surface area contributed by atoms with Gasteiger partial charge in [-0.2, -0.15) is 0 Å². The largest absolute Gasteiger partial charge is 0.496 e. The van der Waals surface area contributed by atoms with Gasteiger partial charge < -0.3 is 9.64 Å². The van der Waals surface area contributed by atoms with Gasteiger partial charge >= 0.3 is 0 Å². The van der Waals surface area contributed by atoms with Crippen molar-refractivity contribution in [2.24, 2.45) is 5.92 Å². The topological polar surface area (TPSA) is 75.7 Å². The summed E-state index contributed by atoms with van der Waals surface area (Å²) in [6.07, 6.45) is 3.60. The zero-order valence-corrected chi connectivity index (χ0v) is 16.1. The fraction of sp³-hybridized carbons (Fsp3) is 0.611. The second kappa shape index (κ2) is 8.67. The van der Waals surface area contributed by atoms with Gasteiger partial charge in [-0.15, -0.1) is 0 Å². The van der Waals surface area contributed by atoms with Crippen molar-refractivity contribution in [3.8, 4) is 5.75 Å². The van der Waals surface area contributed by atoms with Crippen molar-refractivity contribution in [1.82, 2.24) is 9.62 Å². The van der Waals surface area contributed by atoms with Crippen LogP contribution in [0.25, 0.3) is 0 Å². The monoisotopic (exact) mass is 368 g/mol. The molecule has 0 bridgehead atoms. The van der Waals surface area contributed by atoms with Crippen LogP contribution in [0.4, 0.5) is 0 Å². The van der Waals surface area contributed by atoms with E-state index in [1.54, 1.807) is 11.0 Å². The van der Waals surface area contributed by atoms with Crippen LogP contribution in [0.5, 0.6) is 5.75 Å². The van der Waals surface area contributed by atoms with Gasteiger partial charge in [-0.1, -0.05) is 20.3 Å². The molecule has 0 aliphatic carbocycles. The van der Waals surface area contributed by atoms with E-state index < -0.39 is 10.0 Å². The minimum Gasteiger partial charge on any atom is -0.496 e. The number of ether oxygens (including phenoxy) is 1. The molecule has 1 fully saturated rings. The molecule has 1 N–H and O–H groups in total. The third-order valence-corrected chi connectivity index (χ3v) is 6.06. The molecular weight excluding hydrogens is 340 g/mol. The lowest BCUT2D eigenvalue weighted by Crippen LogP contribution is -2.38. The molecule has 1 saturated heterocycles. The Balaban J connectivity index is 2.26. The molecule has 2 rings (SSSR count). The maximum Gasteiger partial charge on any atom is 0.257 e. The molecule has 1 heterocycles. The number of methoxy groups -OCH3 is 1. The van der Waals surface area contributed by atoms with Gasteiger partial charge in [0.2, 0.25) is 10.0 Å². The highest BCUT2D eigenvalue weighted by Gasteiger charge is 2.25. The molecule has 6 nitrogen and oxygen atoms in total. The number of sulfonamides is 1. The van der Waals surface area contributed by atoms with Gasteiger partial charge in [0.25, 0.3) is 5.91 Å². The van der Waals surface area contributed by atoms with Gasteiger partial charge in [0.15, 0.2) is 0 Å². The molecule has 25 heavy (non-hydrogen) atoms. The molecule has 0 aromatic heterocycles. The minimum absolute atomic E-state index is 0.0955. The van der Waals surface area contributed by atoms with Crippen LogP contribution in [0, 0.1) is 5.92 Å². The third kappa shape index (κ3) is 4.95. The number of unbranched alkanes of at least 4 members (excludes halogenated alkanes) is 1. The quantitative estimate of drug-likeness (QED) is 0.751. The Hall–Kier alpha value is -1.60.